The zero-order valence-corrected chi connectivity index (χ0v) is 14.8. The number of aromatic nitrogens is 4. The molecule has 2 heterocycles. The van der Waals surface area contributed by atoms with E-state index in [9.17, 15) is 0 Å². The van der Waals surface area contributed by atoms with Gasteiger partial charge in [-0.2, -0.15) is 5.26 Å². The summed E-state index contributed by atoms with van der Waals surface area (Å²) in [5.41, 5.74) is 4.72. The lowest BCUT2D eigenvalue weighted by Crippen LogP contribution is -1.92. The number of nitrogens with zero attached hydrogens (tertiary/aromatic N) is 5. The standard InChI is InChI=1S/C21H12ClN5/c22-21-26-18(15-4-2-14(13-23)3-5-15)12-19(27-21)16-6-8-17(9-7-16)20-24-10-1-11-25-20/h1-12H. The smallest absolute Gasteiger partial charge is 0.223 e. The Labute approximate surface area is 161 Å². The van der Waals surface area contributed by atoms with Gasteiger partial charge in [-0.3, -0.25) is 0 Å². The third kappa shape index (κ3) is 3.66. The van der Waals surface area contributed by atoms with E-state index in [4.69, 9.17) is 16.9 Å². The Morgan fingerprint density at radius 1 is 0.741 bits per heavy atom. The normalized spacial score (nSPS) is 10.4. The average Bonchev–Trinajstić information content (AvgIpc) is 2.74. The van der Waals surface area contributed by atoms with Crippen LogP contribution in [0, 0.1) is 11.3 Å². The highest BCUT2D eigenvalue weighted by molar-refractivity contribution is 6.28. The van der Waals surface area contributed by atoms with Crippen LogP contribution in [-0.2, 0) is 0 Å². The van der Waals surface area contributed by atoms with E-state index in [1.807, 2.05) is 42.5 Å². The van der Waals surface area contributed by atoms with Crippen molar-refractivity contribution in [1.29, 1.82) is 5.26 Å². The van der Waals surface area contributed by atoms with E-state index in [0.717, 1.165) is 22.4 Å². The highest BCUT2D eigenvalue weighted by Gasteiger charge is 2.09. The van der Waals surface area contributed by atoms with Crippen molar-refractivity contribution in [2.45, 2.75) is 0 Å². The first kappa shape index (κ1) is 16.8. The molecular weight excluding hydrogens is 358 g/mol. The summed E-state index contributed by atoms with van der Waals surface area (Å²) in [4.78, 5) is 17.1. The lowest BCUT2D eigenvalue weighted by atomic mass is 10.1. The second-order valence-electron chi connectivity index (χ2n) is 5.75. The molecule has 0 N–H and O–H groups in total. The minimum absolute atomic E-state index is 0.169. The SMILES string of the molecule is N#Cc1ccc(-c2cc(-c3ccc(-c4ncccn4)cc3)nc(Cl)n2)cc1. The number of halogens is 1. The summed E-state index contributed by atoms with van der Waals surface area (Å²) in [5.74, 6) is 0.669. The predicted molar refractivity (Wildman–Crippen MR) is 104 cm³/mol. The Morgan fingerprint density at radius 3 is 1.81 bits per heavy atom. The van der Waals surface area contributed by atoms with Crippen molar-refractivity contribution >= 4 is 11.6 Å². The van der Waals surface area contributed by atoms with Crippen LogP contribution in [-0.4, -0.2) is 19.9 Å². The molecule has 4 aromatic rings. The van der Waals surface area contributed by atoms with E-state index < -0.39 is 0 Å². The Hall–Kier alpha value is -3.62. The summed E-state index contributed by atoms with van der Waals surface area (Å²) >= 11 is 6.14. The van der Waals surface area contributed by atoms with Crippen LogP contribution in [0.25, 0.3) is 33.9 Å². The Kier molecular flexibility index (Phi) is 4.56. The topological polar surface area (TPSA) is 75.3 Å². The van der Waals surface area contributed by atoms with Crippen LogP contribution >= 0.6 is 11.6 Å². The van der Waals surface area contributed by atoms with Gasteiger partial charge in [0.25, 0.3) is 0 Å². The Balaban J connectivity index is 1.69. The lowest BCUT2D eigenvalue weighted by molar-refractivity contribution is 1.17. The monoisotopic (exact) mass is 369 g/mol. The first-order chi connectivity index (χ1) is 13.2. The van der Waals surface area contributed by atoms with Crippen molar-refractivity contribution in [2.24, 2.45) is 0 Å². The predicted octanol–water partition coefficient (Wildman–Crippen LogP) is 4.79. The van der Waals surface area contributed by atoms with Gasteiger partial charge in [-0.05, 0) is 35.9 Å². The first-order valence-electron chi connectivity index (χ1n) is 8.16. The molecule has 0 aliphatic rings. The molecule has 0 spiro atoms. The molecule has 6 heteroatoms. The molecule has 0 saturated heterocycles. The number of benzene rings is 2. The van der Waals surface area contributed by atoms with Gasteiger partial charge in [0.15, 0.2) is 5.82 Å². The quantitative estimate of drug-likeness (QED) is 0.485. The van der Waals surface area contributed by atoms with Gasteiger partial charge in [0, 0.05) is 29.1 Å². The maximum atomic E-state index is 8.94. The minimum Gasteiger partial charge on any atom is -0.237 e. The van der Waals surface area contributed by atoms with Gasteiger partial charge in [-0.1, -0.05) is 36.4 Å². The highest BCUT2D eigenvalue weighted by Crippen LogP contribution is 2.27. The molecule has 0 aliphatic carbocycles. The van der Waals surface area contributed by atoms with Crippen molar-refractivity contribution in [3.63, 3.8) is 0 Å². The molecule has 4 rings (SSSR count). The van der Waals surface area contributed by atoms with E-state index in [0.29, 0.717) is 17.1 Å². The van der Waals surface area contributed by atoms with E-state index >= 15 is 0 Å². The van der Waals surface area contributed by atoms with Crippen LogP contribution in [0.4, 0.5) is 0 Å². The lowest BCUT2D eigenvalue weighted by Gasteiger charge is -2.07. The fourth-order valence-corrected chi connectivity index (χ4v) is 2.85. The van der Waals surface area contributed by atoms with Crippen LogP contribution in [0.15, 0.2) is 73.1 Å². The largest absolute Gasteiger partial charge is 0.237 e. The van der Waals surface area contributed by atoms with Crippen molar-refractivity contribution < 1.29 is 0 Å². The molecule has 0 unspecified atom stereocenters. The highest BCUT2D eigenvalue weighted by atomic mass is 35.5. The summed E-state index contributed by atoms with van der Waals surface area (Å²) in [6.07, 6.45) is 3.43. The summed E-state index contributed by atoms with van der Waals surface area (Å²) in [7, 11) is 0. The van der Waals surface area contributed by atoms with Crippen molar-refractivity contribution in [3.05, 3.63) is 83.9 Å². The Morgan fingerprint density at radius 2 is 1.26 bits per heavy atom. The molecule has 27 heavy (non-hydrogen) atoms. The van der Waals surface area contributed by atoms with E-state index in [1.165, 1.54) is 0 Å². The first-order valence-corrected chi connectivity index (χ1v) is 8.54. The van der Waals surface area contributed by atoms with Gasteiger partial charge in [0.1, 0.15) is 0 Å². The van der Waals surface area contributed by atoms with Crippen LogP contribution < -0.4 is 0 Å². The second kappa shape index (κ2) is 7.32. The van der Waals surface area contributed by atoms with Crippen LogP contribution in [0.5, 0.6) is 0 Å². The maximum absolute atomic E-state index is 8.94. The third-order valence-corrected chi connectivity index (χ3v) is 4.18. The molecule has 0 fully saturated rings. The van der Waals surface area contributed by atoms with Gasteiger partial charge in [0.2, 0.25) is 5.28 Å². The zero-order chi connectivity index (χ0) is 18.6. The number of nitriles is 1. The zero-order valence-electron chi connectivity index (χ0n) is 14.0. The maximum Gasteiger partial charge on any atom is 0.223 e. The molecule has 0 amide bonds. The van der Waals surface area contributed by atoms with Gasteiger partial charge in [-0.25, -0.2) is 19.9 Å². The summed E-state index contributed by atoms with van der Waals surface area (Å²) in [5, 5.41) is 9.10. The molecular formula is C21H12ClN5. The molecule has 0 radical (unpaired) electrons. The van der Waals surface area contributed by atoms with Gasteiger partial charge in [0.05, 0.1) is 23.0 Å². The van der Waals surface area contributed by atoms with Crippen LogP contribution in [0.3, 0.4) is 0 Å². The molecule has 0 atom stereocenters. The van der Waals surface area contributed by atoms with Gasteiger partial charge < -0.3 is 0 Å². The number of hydrogen-bond acceptors (Lipinski definition) is 5. The molecule has 2 aromatic heterocycles. The van der Waals surface area contributed by atoms with E-state index in [2.05, 4.69) is 26.0 Å². The third-order valence-electron chi connectivity index (χ3n) is 4.01. The minimum atomic E-state index is 0.169. The van der Waals surface area contributed by atoms with Crippen molar-refractivity contribution in [2.75, 3.05) is 0 Å². The molecule has 0 aliphatic heterocycles. The molecule has 2 aromatic carbocycles. The fraction of sp³-hybridized carbons (Fsp3) is 0. The number of hydrogen-bond donors (Lipinski definition) is 0. The van der Waals surface area contributed by atoms with Gasteiger partial charge in [-0.15, -0.1) is 0 Å². The summed E-state index contributed by atoms with van der Waals surface area (Å²) in [6.45, 7) is 0. The second-order valence-corrected chi connectivity index (χ2v) is 6.08. The van der Waals surface area contributed by atoms with Crippen LogP contribution in [0.2, 0.25) is 5.28 Å². The average molecular weight is 370 g/mol. The molecule has 0 bridgehead atoms. The van der Waals surface area contributed by atoms with E-state index in [1.54, 1.807) is 30.6 Å². The number of rotatable bonds is 3. The fourth-order valence-electron chi connectivity index (χ4n) is 2.67. The summed E-state index contributed by atoms with van der Waals surface area (Å²) in [6, 6.07) is 20.7. The van der Waals surface area contributed by atoms with E-state index in [-0.39, 0.29) is 5.28 Å². The molecule has 5 nitrogen and oxygen atoms in total. The van der Waals surface area contributed by atoms with Crippen LogP contribution in [0.1, 0.15) is 5.56 Å². The van der Waals surface area contributed by atoms with Crippen molar-refractivity contribution in [1.82, 2.24) is 19.9 Å². The Bertz CT molecular complexity index is 1120. The molecule has 0 saturated carbocycles. The molecule has 128 valence electrons. The van der Waals surface area contributed by atoms with Crippen molar-refractivity contribution in [3.8, 4) is 40.0 Å². The summed E-state index contributed by atoms with van der Waals surface area (Å²) < 4.78 is 0. The van der Waals surface area contributed by atoms with Gasteiger partial charge >= 0.3 is 0 Å².